The molecule has 24 heavy (non-hydrogen) atoms. The Bertz CT molecular complexity index is 571. The molecule has 1 amide bonds. The van der Waals surface area contributed by atoms with Gasteiger partial charge in [0, 0.05) is 11.4 Å². The molecule has 1 atom stereocenters. The zero-order valence-electron chi connectivity index (χ0n) is 14.8. The van der Waals surface area contributed by atoms with Gasteiger partial charge in [-0.25, -0.2) is 0 Å². The van der Waals surface area contributed by atoms with Crippen molar-refractivity contribution in [2.24, 2.45) is 5.92 Å². The van der Waals surface area contributed by atoms with Crippen molar-refractivity contribution in [1.82, 2.24) is 21.1 Å². The molecule has 1 aliphatic rings. The summed E-state index contributed by atoms with van der Waals surface area (Å²) in [5, 5.41) is 3.54. The van der Waals surface area contributed by atoms with Crippen LogP contribution < -0.4 is 16.2 Å². The number of rotatable bonds is 6. The zero-order valence-corrected chi connectivity index (χ0v) is 16.4. The fourth-order valence-corrected chi connectivity index (χ4v) is 4.13. The van der Waals surface area contributed by atoms with Gasteiger partial charge in [-0.15, -0.1) is 11.3 Å². The molecule has 0 fully saturated rings. The lowest BCUT2D eigenvalue weighted by Crippen LogP contribution is -2.47. The largest absolute Gasteiger partial charge is 0.361 e. The van der Waals surface area contributed by atoms with Crippen LogP contribution in [0, 0.1) is 5.92 Å². The summed E-state index contributed by atoms with van der Waals surface area (Å²) in [5.74, 6) is 0.653. The summed E-state index contributed by atoms with van der Waals surface area (Å²) in [6, 6.07) is 2.05. The minimum atomic E-state index is -0.111. The summed E-state index contributed by atoms with van der Waals surface area (Å²) in [6.07, 6.45) is 5.66. The van der Waals surface area contributed by atoms with Crippen molar-refractivity contribution in [2.45, 2.75) is 39.0 Å². The van der Waals surface area contributed by atoms with E-state index < -0.39 is 0 Å². The van der Waals surface area contributed by atoms with E-state index in [2.05, 4.69) is 28.0 Å². The molecule has 0 unspecified atom stereocenters. The molecule has 3 N–H and O–H groups in total. The molecule has 0 saturated heterocycles. The van der Waals surface area contributed by atoms with Crippen LogP contribution in [0.2, 0.25) is 0 Å². The van der Waals surface area contributed by atoms with Gasteiger partial charge in [0.1, 0.15) is 0 Å². The SMILES string of the molecule is CC[C@H]1CCc2sc(C(=O)NNC(=S)NCCCN(C)C)cc2C1. The number of fused-ring (bicyclic) bond motifs is 1. The predicted molar refractivity (Wildman–Crippen MR) is 104 cm³/mol. The fraction of sp³-hybridized carbons (Fsp3) is 0.647. The second-order valence-corrected chi connectivity index (χ2v) is 8.11. The van der Waals surface area contributed by atoms with Crippen molar-refractivity contribution in [1.29, 1.82) is 0 Å². The van der Waals surface area contributed by atoms with Crippen molar-refractivity contribution >= 4 is 34.6 Å². The normalized spacial score (nSPS) is 16.6. The van der Waals surface area contributed by atoms with Gasteiger partial charge < -0.3 is 10.2 Å². The van der Waals surface area contributed by atoms with Gasteiger partial charge >= 0.3 is 0 Å². The zero-order chi connectivity index (χ0) is 17.5. The van der Waals surface area contributed by atoms with Crippen molar-refractivity contribution in [3.05, 3.63) is 21.4 Å². The van der Waals surface area contributed by atoms with E-state index in [0.29, 0.717) is 5.11 Å². The summed E-state index contributed by atoms with van der Waals surface area (Å²) in [5.41, 5.74) is 6.83. The van der Waals surface area contributed by atoms with Gasteiger partial charge in [-0.3, -0.25) is 15.6 Å². The van der Waals surface area contributed by atoms with Gasteiger partial charge in [0.15, 0.2) is 5.11 Å². The minimum absolute atomic E-state index is 0.111. The Balaban J connectivity index is 1.75. The summed E-state index contributed by atoms with van der Waals surface area (Å²) in [4.78, 5) is 16.5. The standard InChI is InChI=1S/C17H28N4OS2/c1-4-12-6-7-14-13(10-12)11-15(24-14)16(22)19-20-17(23)18-8-5-9-21(2)3/h11-12H,4-10H2,1-3H3,(H,19,22)(H2,18,20,23)/t12-/m0/s1. The summed E-state index contributed by atoms with van der Waals surface area (Å²) >= 11 is 6.78. The van der Waals surface area contributed by atoms with E-state index in [1.807, 2.05) is 20.2 Å². The molecule has 0 aromatic carbocycles. The van der Waals surface area contributed by atoms with Crippen LogP contribution in [0.4, 0.5) is 0 Å². The molecule has 0 saturated carbocycles. The van der Waals surface area contributed by atoms with Gasteiger partial charge in [-0.2, -0.15) is 0 Å². The fourth-order valence-electron chi connectivity index (χ4n) is 2.88. The molecule has 0 spiro atoms. The van der Waals surface area contributed by atoms with Crippen LogP contribution in [-0.2, 0) is 12.8 Å². The number of hydrogen-bond acceptors (Lipinski definition) is 4. The van der Waals surface area contributed by atoms with Gasteiger partial charge in [-0.05, 0) is 76.1 Å². The van der Waals surface area contributed by atoms with Crippen LogP contribution in [0.5, 0.6) is 0 Å². The number of amides is 1. The molecular formula is C17H28N4OS2. The number of carbonyl (C=O) groups excluding carboxylic acids is 1. The summed E-state index contributed by atoms with van der Waals surface area (Å²) in [7, 11) is 4.08. The van der Waals surface area contributed by atoms with Gasteiger partial charge in [-0.1, -0.05) is 13.3 Å². The Hall–Kier alpha value is -1.18. The topological polar surface area (TPSA) is 56.4 Å². The third kappa shape index (κ3) is 5.72. The highest BCUT2D eigenvalue weighted by molar-refractivity contribution is 7.80. The van der Waals surface area contributed by atoms with Crippen LogP contribution >= 0.6 is 23.6 Å². The molecule has 2 rings (SSSR count). The summed E-state index contributed by atoms with van der Waals surface area (Å²) < 4.78 is 0. The lowest BCUT2D eigenvalue weighted by molar-refractivity contribution is 0.0947. The Kier molecular flexibility index (Phi) is 7.45. The smallest absolute Gasteiger partial charge is 0.279 e. The summed E-state index contributed by atoms with van der Waals surface area (Å²) in [6.45, 7) is 4.03. The number of thiophene rings is 1. The highest BCUT2D eigenvalue weighted by Gasteiger charge is 2.22. The predicted octanol–water partition coefficient (Wildman–Crippen LogP) is 2.32. The van der Waals surface area contributed by atoms with Crippen molar-refractivity contribution in [3.8, 4) is 0 Å². The van der Waals surface area contributed by atoms with E-state index in [0.717, 1.165) is 43.1 Å². The number of hydrazine groups is 1. The van der Waals surface area contributed by atoms with Crippen LogP contribution in [0.3, 0.4) is 0 Å². The molecule has 1 heterocycles. The monoisotopic (exact) mass is 368 g/mol. The molecule has 1 aromatic rings. The number of aryl methyl sites for hydroxylation is 1. The van der Waals surface area contributed by atoms with Gasteiger partial charge in [0.25, 0.3) is 5.91 Å². The molecular weight excluding hydrogens is 340 g/mol. The number of nitrogens with one attached hydrogen (secondary N) is 3. The van der Waals surface area contributed by atoms with Gasteiger partial charge in [0.2, 0.25) is 0 Å². The first-order valence-corrected chi connectivity index (χ1v) is 9.82. The molecule has 0 aliphatic heterocycles. The van der Waals surface area contributed by atoms with Crippen LogP contribution in [0.25, 0.3) is 0 Å². The molecule has 5 nitrogen and oxygen atoms in total. The lowest BCUT2D eigenvalue weighted by atomic mass is 9.87. The average molecular weight is 369 g/mol. The second kappa shape index (κ2) is 9.34. The first-order chi connectivity index (χ1) is 11.5. The van der Waals surface area contributed by atoms with Crippen LogP contribution in [0.15, 0.2) is 6.07 Å². The maximum atomic E-state index is 12.3. The van der Waals surface area contributed by atoms with Crippen LogP contribution in [0.1, 0.15) is 46.3 Å². The van der Waals surface area contributed by atoms with Crippen molar-refractivity contribution in [2.75, 3.05) is 27.2 Å². The number of hydrogen-bond donors (Lipinski definition) is 3. The third-order valence-corrected chi connectivity index (χ3v) is 5.83. The third-order valence-electron chi connectivity index (χ3n) is 4.34. The molecule has 0 radical (unpaired) electrons. The average Bonchev–Trinajstić information content (AvgIpc) is 2.99. The lowest BCUT2D eigenvalue weighted by Gasteiger charge is -2.19. The maximum Gasteiger partial charge on any atom is 0.279 e. The molecule has 7 heteroatoms. The maximum absolute atomic E-state index is 12.3. The van der Waals surface area contributed by atoms with E-state index >= 15 is 0 Å². The van der Waals surface area contributed by atoms with E-state index in [1.165, 1.54) is 23.3 Å². The quantitative estimate of drug-likeness (QED) is 0.409. The molecule has 134 valence electrons. The Morgan fingerprint density at radius 1 is 1.42 bits per heavy atom. The van der Waals surface area contributed by atoms with E-state index in [4.69, 9.17) is 12.2 Å². The second-order valence-electron chi connectivity index (χ2n) is 6.57. The number of thiocarbonyl (C=S) groups is 1. The van der Waals surface area contributed by atoms with E-state index in [-0.39, 0.29) is 5.91 Å². The van der Waals surface area contributed by atoms with E-state index in [1.54, 1.807) is 11.3 Å². The van der Waals surface area contributed by atoms with Crippen LogP contribution in [-0.4, -0.2) is 43.1 Å². The minimum Gasteiger partial charge on any atom is -0.361 e. The molecule has 0 bridgehead atoms. The first-order valence-electron chi connectivity index (χ1n) is 8.60. The highest BCUT2D eigenvalue weighted by Crippen LogP contribution is 2.33. The molecule has 1 aliphatic carbocycles. The van der Waals surface area contributed by atoms with E-state index in [9.17, 15) is 4.79 Å². The number of nitrogens with zero attached hydrogens (tertiary/aromatic N) is 1. The highest BCUT2D eigenvalue weighted by atomic mass is 32.1. The van der Waals surface area contributed by atoms with Gasteiger partial charge in [0.05, 0.1) is 4.88 Å². The first kappa shape index (κ1) is 19.1. The molecule has 1 aromatic heterocycles. The van der Waals surface area contributed by atoms with Crippen molar-refractivity contribution < 1.29 is 4.79 Å². The number of carbonyl (C=O) groups is 1. The Morgan fingerprint density at radius 2 is 2.21 bits per heavy atom. The Labute approximate surface area is 154 Å². The Morgan fingerprint density at radius 3 is 2.92 bits per heavy atom. The van der Waals surface area contributed by atoms with Crippen molar-refractivity contribution in [3.63, 3.8) is 0 Å².